The van der Waals surface area contributed by atoms with Crippen molar-refractivity contribution in [1.82, 2.24) is 15.0 Å². The summed E-state index contributed by atoms with van der Waals surface area (Å²) in [5, 5.41) is 4.61. The van der Waals surface area contributed by atoms with Gasteiger partial charge >= 0.3 is 0 Å². The molecule has 0 saturated heterocycles. The van der Waals surface area contributed by atoms with Gasteiger partial charge in [0.2, 0.25) is 0 Å². The SMILES string of the molecule is CCCNc1ccc(-c2ccc3c(C)c(-c4cc(C)nc(C)c4)[nH]c3c2)c(C)n1. The Morgan fingerprint density at radius 1 is 0.862 bits per heavy atom. The highest BCUT2D eigenvalue weighted by Crippen LogP contribution is 2.33. The highest BCUT2D eigenvalue weighted by molar-refractivity contribution is 5.93. The largest absolute Gasteiger partial charge is 0.370 e. The van der Waals surface area contributed by atoms with E-state index in [-0.39, 0.29) is 0 Å². The van der Waals surface area contributed by atoms with Crippen molar-refractivity contribution in [1.29, 1.82) is 0 Å². The van der Waals surface area contributed by atoms with Gasteiger partial charge in [-0.3, -0.25) is 4.98 Å². The normalized spacial score (nSPS) is 11.2. The van der Waals surface area contributed by atoms with E-state index in [1.165, 1.54) is 33.3 Å². The van der Waals surface area contributed by atoms with E-state index in [1.54, 1.807) is 0 Å². The number of hydrogen-bond donors (Lipinski definition) is 2. The fourth-order valence-electron chi connectivity index (χ4n) is 3.99. The standard InChI is InChI=1S/C25H28N4/c1-6-11-26-24-10-9-22(18(5)28-24)19-7-8-21-17(4)25(29-23(21)14-19)20-12-15(2)27-16(3)13-20/h7-10,12-14,29H,6,11H2,1-5H3,(H,26,28). The van der Waals surface area contributed by atoms with Crippen molar-refractivity contribution >= 4 is 16.7 Å². The third-order valence-electron chi connectivity index (χ3n) is 5.38. The van der Waals surface area contributed by atoms with E-state index in [2.05, 4.69) is 78.5 Å². The smallest absolute Gasteiger partial charge is 0.126 e. The highest BCUT2D eigenvalue weighted by atomic mass is 15.0. The first-order chi connectivity index (χ1) is 14.0. The predicted molar refractivity (Wildman–Crippen MR) is 122 cm³/mol. The van der Waals surface area contributed by atoms with Crippen LogP contribution >= 0.6 is 0 Å². The molecule has 29 heavy (non-hydrogen) atoms. The zero-order valence-electron chi connectivity index (χ0n) is 17.9. The molecule has 0 radical (unpaired) electrons. The van der Waals surface area contributed by atoms with Gasteiger partial charge in [-0.05, 0) is 75.6 Å². The van der Waals surface area contributed by atoms with E-state index in [1.807, 2.05) is 13.8 Å². The third kappa shape index (κ3) is 3.75. The molecule has 0 aliphatic rings. The summed E-state index contributed by atoms with van der Waals surface area (Å²) in [6.45, 7) is 11.4. The molecule has 0 bridgehead atoms. The van der Waals surface area contributed by atoms with Crippen molar-refractivity contribution in [3.05, 3.63) is 65.1 Å². The van der Waals surface area contributed by atoms with Gasteiger partial charge in [-0.25, -0.2) is 4.98 Å². The van der Waals surface area contributed by atoms with Gasteiger partial charge in [0.15, 0.2) is 0 Å². The van der Waals surface area contributed by atoms with Crippen molar-refractivity contribution in [3.8, 4) is 22.4 Å². The maximum atomic E-state index is 4.73. The van der Waals surface area contributed by atoms with Gasteiger partial charge in [0.1, 0.15) is 5.82 Å². The molecule has 0 fully saturated rings. The van der Waals surface area contributed by atoms with Crippen molar-refractivity contribution in [2.75, 3.05) is 11.9 Å². The first-order valence-corrected chi connectivity index (χ1v) is 10.3. The molecule has 148 valence electrons. The molecule has 0 unspecified atom stereocenters. The van der Waals surface area contributed by atoms with Crippen molar-refractivity contribution < 1.29 is 0 Å². The number of pyridine rings is 2. The summed E-state index contributed by atoms with van der Waals surface area (Å²) in [6.07, 6.45) is 1.09. The van der Waals surface area contributed by atoms with Crippen molar-refractivity contribution in [2.45, 2.75) is 41.0 Å². The number of fused-ring (bicyclic) bond motifs is 1. The van der Waals surface area contributed by atoms with Crippen LogP contribution in [0.5, 0.6) is 0 Å². The summed E-state index contributed by atoms with van der Waals surface area (Å²) in [5.41, 5.74) is 10.2. The van der Waals surface area contributed by atoms with Crippen LogP contribution in [-0.2, 0) is 0 Å². The molecule has 4 nitrogen and oxygen atoms in total. The monoisotopic (exact) mass is 384 g/mol. The molecule has 4 aromatic rings. The lowest BCUT2D eigenvalue weighted by Crippen LogP contribution is -2.02. The van der Waals surface area contributed by atoms with Crippen LogP contribution in [0.2, 0.25) is 0 Å². The zero-order chi connectivity index (χ0) is 20.5. The van der Waals surface area contributed by atoms with Gasteiger partial charge in [0, 0.05) is 51.4 Å². The molecule has 0 aliphatic carbocycles. The molecule has 2 N–H and O–H groups in total. The van der Waals surface area contributed by atoms with E-state index in [4.69, 9.17) is 4.98 Å². The summed E-state index contributed by atoms with van der Waals surface area (Å²) in [6, 6.07) is 15.1. The summed E-state index contributed by atoms with van der Waals surface area (Å²) in [7, 11) is 0. The van der Waals surface area contributed by atoms with Gasteiger partial charge < -0.3 is 10.3 Å². The first kappa shape index (κ1) is 19.2. The molecular formula is C25H28N4. The minimum Gasteiger partial charge on any atom is -0.370 e. The molecule has 0 atom stereocenters. The Kier molecular flexibility index (Phi) is 5.10. The Morgan fingerprint density at radius 3 is 2.31 bits per heavy atom. The fourth-order valence-corrected chi connectivity index (χ4v) is 3.99. The summed E-state index contributed by atoms with van der Waals surface area (Å²) in [4.78, 5) is 12.9. The van der Waals surface area contributed by atoms with E-state index < -0.39 is 0 Å². The summed E-state index contributed by atoms with van der Waals surface area (Å²) in [5.74, 6) is 0.940. The first-order valence-electron chi connectivity index (χ1n) is 10.3. The third-order valence-corrected chi connectivity index (χ3v) is 5.38. The topological polar surface area (TPSA) is 53.6 Å². The second-order valence-electron chi connectivity index (χ2n) is 7.78. The summed E-state index contributed by atoms with van der Waals surface area (Å²) >= 11 is 0. The number of aromatic amines is 1. The van der Waals surface area contributed by atoms with Gasteiger partial charge in [-0.15, -0.1) is 0 Å². The van der Waals surface area contributed by atoms with Gasteiger partial charge in [0.25, 0.3) is 0 Å². The lowest BCUT2D eigenvalue weighted by molar-refractivity contribution is 0.966. The van der Waals surface area contributed by atoms with Crippen LogP contribution in [0.1, 0.15) is 36.0 Å². The Bertz CT molecular complexity index is 1170. The zero-order valence-corrected chi connectivity index (χ0v) is 17.9. The average Bonchev–Trinajstić information content (AvgIpc) is 3.02. The molecule has 0 saturated carbocycles. The number of nitrogens with zero attached hydrogens (tertiary/aromatic N) is 2. The second-order valence-corrected chi connectivity index (χ2v) is 7.78. The number of aryl methyl sites for hydroxylation is 4. The van der Waals surface area contributed by atoms with E-state index in [0.717, 1.165) is 41.4 Å². The van der Waals surface area contributed by atoms with E-state index in [0.29, 0.717) is 0 Å². The lowest BCUT2D eigenvalue weighted by atomic mass is 10.0. The molecule has 3 aromatic heterocycles. The lowest BCUT2D eigenvalue weighted by Gasteiger charge is -2.09. The molecule has 3 heterocycles. The average molecular weight is 385 g/mol. The molecule has 0 amide bonds. The van der Waals surface area contributed by atoms with E-state index in [9.17, 15) is 0 Å². The Balaban J connectivity index is 1.75. The number of rotatable bonds is 5. The molecule has 0 aliphatic heterocycles. The van der Waals surface area contributed by atoms with Crippen LogP contribution in [0.15, 0.2) is 42.5 Å². The number of aromatic nitrogens is 3. The van der Waals surface area contributed by atoms with Gasteiger partial charge in [-0.2, -0.15) is 0 Å². The van der Waals surface area contributed by atoms with Gasteiger partial charge in [0.05, 0.1) is 0 Å². The molecule has 4 heteroatoms. The summed E-state index contributed by atoms with van der Waals surface area (Å²) < 4.78 is 0. The van der Waals surface area contributed by atoms with E-state index >= 15 is 0 Å². The van der Waals surface area contributed by atoms with Crippen LogP contribution in [0.25, 0.3) is 33.3 Å². The maximum absolute atomic E-state index is 4.73. The van der Waals surface area contributed by atoms with Gasteiger partial charge in [-0.1, -0.05) is 19.1 Å². The maximum Gasteiger partial charge on any atom is 0.126 e. The molecule has 4 rings (SSSR count). The number of benzene rings is 1. The fraction of sp³-hybridized carbons (Fsp3) is 0.280. The molecule has 0 spiro atoms. The minimum absolute atomic E-state index is 0.940. The Hall–Kier alpha value is -3.14. The van der Waals surface area contributed by atoms with Crippen LogP contribution in [0.3, 0.4) is 0 Å². The second kappa shape index (κ2) is 7.70. The number of hydrogen-bond acceptors (Lipinski definition) is 3. The van der Waals surface area contributed by atoms with Crippen molar-refractivity contribution in [2.24, 2.45) is 0 Å². The number of H-pyrrole nitrogens is 1. The van der Waals surface area contributed by atoms with Crippen LogP contribution in [0, 0.1) is 27.7 Å². The predicted octanol–water partition coefficient (Wildman–Crippen LogP) is 6.35. The van der Waals surface area contributed by atoms with Crippen LogP contribution < -0.4 is 5.32 Å². The van der Waals surface area contributed by atoms with Crippen LogP contribution in [-0.4, -0.2) is 21.5 Å². The van der Waals surface area contributed by atoms with Crippen LogP contribution in [0.4, 0.5) is 5.82 Å². The number of nitrogens with one attached hydrogen (secondary N) is 2. The Morgan fingerprint density at radius 2 is 1.62 bits per heavy atom. The van der Waals surface area contributed by atoms with Crippen molar-refractivity contribution in [3.63, 3.8) is 0 Å². The highest BCUT2D eigenvalue weighted by Gasteiger charge is 2.13. The Labute approximate surface area is 172 Å². The molecule has 1 aromatic carbocycles. The number of anilines is 1. The minimum atomic E-state index is 0.940. The quantitative estimate of drug-likeness (QED) is 0.422. The molecular weight excluding hydrogens is 356 g/mol.